The number of carbonyl (C=O) groups is 1. The molecule has 134 valence electrons. The second kappa shape index (κ2) is 7.83. The van der Waals surface area contributed by atoms with Crippen molar-refractivity contribution in [3.63, 3.8) is 0 Å². The summed E-state index contributed by atoms with van der Waals surface area (Å²) in [5.74, 6) is 0.354. The normalized spacial score (nSPS) is 12.2. The summed E-state index contributed by atoms with van der Waals surface area (Å²) in [6.45, 7) is 4.07. The van der Waals surface area contributed by atoms with Crippen molar-refractivity contribution in [2.24, 2.45) is 0 Å². The average molecular weight is 369 g/mol. The van der Waals surface area contributed by atoms with Crippen molar-refractivity contribution >= 4 is 28.6 Å². The van der Waals surface area contributed by atoms with E-state index in [1.807, 2.05) is 44.2 Å². The highest BCUT2D eigenvalue weighted by Gasteiger charge is 2.21. The van der Waals surface area contributed by atoms with E-state index in [9.17, 15) is 9.18 Å². The van der Waals surface area contributed by atoms with Crippen molar-refractivity contribution in [2.75, 3.05) is 7.05 Å². The van der Waals surface area contributed by atoms with Crippen LogP contribution in [0, 0.1) is 12.7 Å². The minimum Gasteiger partial charge on any atom is -0.340 e. The molecular formula is C20H20FN3OS. The summed E-state index contributed by atoms with van der Waals surface area (Å²) in [5.41, 5.74) is 1.64. The lowest BCUT2D eigenvalue weighted by molar-refractivity contribution is -0.129. The van der Waals surface area contributed by atoms with E-state index in [2.05, 4.69) is 9.97 Å². The van der Waals surface area contributed by atoms with Gasteiger partial charge in [0, 0.05) is 19.0 Å². The summed E-state index contributed by atoms with van der Waals surface area (Å²) in [6.07, 6.45) is 0. The molecule has 0 saturated heterocycles. The third-order valence-electron chi connectivity index (χ3n) is 4.00. The summed E-state index contributed by atoms with van der Waals surface area (Å²) in [5, 5.41) is 1.43. The predicted octanol–water partition coefficient (Wildman–Crippen LogP) is 4.22. The van der Waals surface area contributed by atoms with Crippen LogP contribution >= 0.6 is 11.8 Å². The first kappa shape index (κ1) is 18.3. The molecule has 0 unspecified atom stereocenters. The van der Waals surface area contributed by atoms with Gasteiger partial charge in [-0.2, -0.15) is 0 Å². The van der Waals surface area contributed by atoms with Gasteiger partial charge in [0.1, 0.15) is 16.7 Å². The molecule has 3 rings (SSSR count). The second-order valence-electron chi connectivity index (χ2n) is 6.18. The van der Waals surface area contributed by atoms with Gasteiger partial charge in [-0.3, -0.25) is 4.79 Å². The maximum absolute atomic E-state index is 13.3. The number of hydrogen-bond donors (Lipinski definition) is 0. The van der Waals surface area contributed by atoms with Crippen LogP contribution in [0.15, 0.2) is 53.6 Å². The fraction of sp³-hybridized carbons (Fsp3) is 0.250. The molecule has 4 nitrogen and oxygen atoms in total. The largest absolute Gasteiger partial charge is 0.340 e. The Morgan fingerprint density at radius 3 is 2.73 bits per heavy atom. The number of nitrogens with zero attached hydrogens (tertiary/aromatic N) is 3. The van der Waals surface area contributed by atoms with E-state index in [-0.39, 0.29) is 17.0 Å². The highest BCUT2D eigenvalue weighted by Crippen LogP contribution is 2.29. The SMILES string of the molecule is Cc1nc(S[C@@H](C)C(=O)N(C)Cc2cccc(F)c2)c2ccccc2n1. The number of aromatic nitrogens is 2. The van der Waals surface area contributed by atoms with Gasteiger partial charge in [0.2, 0.25) is 5.91 Å². The van der Waals surface area contributed by atoms with Crippen molar-refractivity contribution in [1.29, 1.82) is 0 Å². The molecule has 0 radical (unpaired) electrons. The summed E-state index contributed by atoms with van der Waals surface area (Å²) >= 11 is 1.42. The van der Waals surface area contributed by atoms with E-state index in [1.165, 1.54) is 23.9 Å². The van der Waals surface area contributed by atoms with Gasteiger partial charge in [0.25, 0.3) is 0 Å². The van der Waals surface area contributed by atoms with Gasteiger partial charge < -0.3 is 4.90 Å². The number of hydrogen-bond acceptors (Lipinski definition) is 4. The van der Waals surface area contributed by atoms with Gasteiger partial charge in [-0.05, 0) is 37.6 Å². The van der Waals surface area contributed by atoms with Crippen LogP contribution in [0.3, 0.4) is 0 Å². The van der Waals surface area contributed by atoms with Crippen LogP contribution in [-0.4, -0.2) is 33.1 Å². The standard InChI is InChI=1S/C20H20FN3OS/c1-13(20(25)24(3)12-15-7-6-8-16(21)11-15)26-19-17-9-4-5-10-18(17)22-14(2)23-19/h4-11,13H,12H2,1-3H3/t13-/m0/s1. The molecule has 0 fully saturated rings. The molecule has 1 heterocycles. The summed E-state index contributed by atoms with van der Waals surface area (Å²) in [6, 6.07) is 14.1. The molecule has 0 aliphatic rings. The molecule has 0 spiro atoms. The number of para-hydroxylation sites is 1. The zero-order valence-corrected chi connectivity index (χ0v) is 15.8. The second-order valence-corrected chi connectivity index (χ2v) is 7.51. The van der Waals surface area contributed by atoms with Gasteiger partial charge in [0.15, 0.2) is 0 Å². The molecule has 6 heteroatoms. The van der Waals surface area contributed by atoms with E-state index in [4.69, 9.17) is 0 Å². The minimum absolute atomic E-state index is 0.0281. The zero-order valence-electron chi connectivity index (χ0n) is 14.9. The summed E-state index contributed by atoms with van der Waals surface area (Å²) < 4.78 is 13.3. The number of rotatable bonds is 5. The Labute approximate surface area is 156 Å². The van der Waals surface area contributed by atoms with E-state index in [0.717, 1.165) is 21.5 Å². The maximum atomic E-state index is 13.3. The molecule has 3 aromatic rings. The molecule has 1 amide bonds. The number of fused-ring (bicyclic) bond motifs is 1. The Morgan fingerprint density at radius 1 is 1.19 bits per heavy atom. The third-order valence-corrected chi connectivity index (χ3v) is 5.09. The van der Waals surface area contributed by atoms with Gasteiger partial charge in [0.05, 0.1) is 10.8 Å². The van der Waals surface area contributed by atoms with Crippen molar-refractivity contribution in [3.05, 3.63) is 65.7 Å². The molecule has 0 N–H and O–H groups in total. The van der Waals surface area contributed by atoms with Crippen LogP contribution in [0.5, 0.6) is 0 Å². The van der Waals surface area contributed by atoms with E-state index in [1.54, 1.807) is 18.0 Å². The first-order chi connectivity index (χ1) is 12.4. The van der Waals surface area contributed by atoms with Crippen LogP contribution in [0.25, 0.3) is 10.9 Å². The van der Waals surface area contributed by atoms with Gasteiger partial charge in [-0.1, -0.05) is 42.1 Å². The lowest BCUT2D eigenvalue weighted by Gasteiger charge is -2.21. The third kappa shape index (κ3) is 4.19. The van der Waals surface area contributed by atoms with Crippen LogP contribution < -0.4 is 0 Å². The Balaban J connectivity index is 1.75. The van der Waals surface area contributed by atoms with E-state index in [0.29, 0.717) is 12.4 Å². The monoisotopic (exact) mass is 369 g/mol. The zero-order chi connectivity index (χ0) is 18.7. The number of carbonyl (C=O) groups excluding carboxylic acids is 1. The van der Waals surface area contributed by atoms with Crippen LogP contribution in [-0.2, 0) is 11.3 Å². The fourth-order valence-corrected chi connectivity index (χ4v) is 3.86. The number of benzene rings is 2. The smallest absolute Gasteiger partial charge is 0.235 e. The quantitative estimate of drug-likeness (QED) is 0.499. The molecule has 2 aromatic carbocycles. The lowest BCUT2D eigenvalue weighted by atomic mass is 10.2. The van der Waals surface area contributed by atoms with Crippen molar-refractivity contribution in [2.45, 2.75) is 30.7 Å². The van der Waals surface area contributed by atoms with Gasteiger partial charge in [-0.15, -0.1) is 0 Å². The minimum atomic E-state index is -0.314. The van der Waals surface area contributed by atoms with Crippen molar-refractivity contribution in [3.8, 4) is 0 Å². The van der Waals surface area contributed by atoms with Gasteiger partial charge >= 0.3 is 0 Å². The molecule has 0 aliphatic carbocycles. The first-order valence-corrected chi connectivity index (χ1v) is 9.21. The topological polar surface area (TPSA) is 46.1 Å². The Hall–Kier alpha value is -2.47. The highest BCUT2D eigenvalue weighted by atomic mass is 32.2. The Bertz CT molecular complexity index is 947. The Kier molecular flexibility index (Phi) is 5.52. The van der Waals surface area contributed by atoms with Crippen LogP contribution in [0.2, 0.25) is 0 Å². The average Bonchev–Trinajstić information content (AvgIpc) is 2.60. The molecule has 0 aliphatic heterocycles. The van der Waals surface area contributed by atoms with E-state index < -0.39 is 0 Å². The molecule has 1 aromatic heterocycles. The molecule has 1 atom stereocenters. The number of thioether (sulfide) groups is 1. The lowest BCUT2D eigenvalue weighted by Crippen LogP contribution is -2.32. The van der Waals surface area contributed by atoms with Crippen molar-refractivity contribution in [1.82, 2.24) is 14.9 Å². The molecule has 0 saturated carbocycles. The fourth-order valence-electron chi connectivity index (χ4n) is 2.76. The number of halogens is 1. The van der Waals surface area contributed by atoms with Crippen molar-refractivity contribution < 1.29 is 9.18 Å². The number of amides is 1. The van der Waals surface area contributed by atoms with E-state index >= 15 is 0 Å². The maximum Gasteiger partial charge on any atom is 0.235 e. The van der Waals surface area contributed by atoms with Crippen LogP contribution in [0.1, 0.15) is 18.3 Å². The van der Waals surface area contributed by atoms with Gasteiger partial charge in [-0.25, -0.2) is 14.4 Å². The molecule has 0 bridgehead atoms. The summed E-state index contributed by atoms with van der Waals surface area (Å²) in [7, 11) is 1.73. The first-order valence-electron chi connectivity index (χ1n) is 8.33. The Morgan fingerprint density at radius 2 is 1.96 bits per heavy atom. The number of aryl methyl sites for hydroxylation is 1. The molecule has 26 heavy (non-hydrogen) atoms. The molecular weight excluding hydrogens is 349 g/mol. The predicted molar refractivity (Wildman–Crippen MR) is 102 cm³/mol. The van der Waals surface area contributed by atoms with Crippen LogP contribution in [0.4, 0.5) is 4.39 Å². The highest BCUT2D eigenvalue weighted by molar-refractivity contribution is 8.00. The summed E-state index contributed by atoms with van der Waals surface area (Å²) in [4.78, 5) is 23.3.